The highest BCUT2D eigenvalue weighted by atomic mass is 16.5. The number of carbonyl (C=O) groups excluding carboxylic acids is 1. The van der Waals surface area contributed by atoms with Gasteiger partial charge in [0.15, 0.2) is 0 Å². The van der Waals surface area contributed by atoms with Gasteiger partial charge in [-0.2, -0.15) is 5.10 Å². The molecule has 0 aliphatic carbocycles. The Morgan fingerprint density at radius 3 is 2.93 bits per heavy atom. The highest BCUT2D eigenvalue weighted by molar-refractivity contribution is 5.95. The van der Waals surface area contributed by atoms with E-state index >= 15 is 0 Å². The van der Waals surface area contributed by atoms with Gasteiger partial charge in [0.25, 0.3) is 5.91 Å². The number of methoxy groups -OCH3 is 1. The zero-order valence-corrected chi connectivity index (χ0v) is 15.4. The van der Waals surface area contributed by atoms with Gasteiger partial charge < -0.3 is 9.64 Å². The summed E-state index contributed by atoms with van der Waals surface area (Å²) in [6.07, 6.45) is 10.5. The molecule has 3 aromatic rings. The van der Waals surface area contributed by atoms with E-state index in [1.807, 2.05) is 51.6 Å². The van der Waals surface area contributed by atoms with Gasteiger partial charge >= 0.3 is 0 Å². The lowest BCUT2D eigenvalue weighted by Crippen LogP contribution is -2.43. The van der Waals surface area contributed by atoms with Crippen LogP contribution in [0.5, 0.6) is 5.75 Å². The average molecular weight is 363 g/mol. The van der Waals surface area contributed by atoms with Gasteiger partial charge in [0.2, 0.25) is 0 Å². The van der Waals surface area contributed by atoms with Crippen LogP contribution in [0.15, 0.2) is 42.9 Å². The van der Waals surface area contributed by atoms with Crippen molar-refractivity contribution < 1.29 is 9.53 Å². The van der Waals surface area contributed by atoms with E-state index in [-0.39, 0.29) is 18.0 Å². The topological polar surface area (TPSA) is 64.7 Å². The number of nitrogens with zero attached hydrogens (tertiary/aromatic N) is 5. The highest BCUT2D eigenvalue weighted by Crippen LogP contribution is 2.39. The fourth-order valence-electron chi connectivity index (χ4n) is 4.40. The number of hydrogen-bond acceptors (Lipinski definition) is 4. The lowest BCUT2D eigenvalue weighted by Gasteiger charge is -2.34. The molecule has 7 heteroatoms. The standard InChI is InChI=1S/C20H21N5O2/c1-23-17(5-7-22-23)13-9-14-3-4-15(10-13)25(14)20(26)18-12-21-19-11-16(27-2)6-8-24(18)19/h5-9,11-12,14-15H,3-4,10H2,1-2H3. The van der Waals surface area contributed by atoms with Crippen molar-refractivity contribution in [1.29, 1.82) is 0 Å². The average Bonchev–Trinajstić information content (AvgIpc) is 3.36. The number of carbonyl (C=O) groups is 1. The van der Waals surface area contributed by atoms with E-state index in [1.165, 1.54) is 5.57 Å². The molecule has 1 amide bonds. The van der Waals surface area contributed by atoms with Crippen LogP contribution in [0, 0.1) is 0 Å². The van der Waals surface area contributed by atoms with Crippen molar-refractivity contribution in [3.8, 4) is 5.75 Å². The first kappa shape index (κ1) is 16.1. The molecule has 5 rings (SSSR count). The predicted molar refractivity (Wildman–Crippen MR) is 101 cm³/mol. The van der Waals surface area contributed by atoms with E-state index in [9.17, 15) is 4.79 Å². The first-order chi connectivity index (χ1) is 13.2. The summed E-state index contributed by atoms with van der Waals surface area (Å²) in [7, 11) is 3.58. The second-order valence-corrected chi connectivity index (χ2v) is 7.19. The number of hydrogen-bond donors (Lipinski definition) is 0. The minimum absolute atomic E-state index is 0.0421. The van der Waals surface area contributed by atoms with E-state index in [0.29, 0.717) is 11.3 Å². The van der Waals surface area contributed by atoms with Crippen molar-refractivity contribution in [2.24, 2.45) is 7.05 Å². The van der Waals surface area contributed by atoms with Crippen LogP contribution in [-0.2, 0) is 7.05 Å². The summed E-state index contributed by atoms with van der Waals surface area (Å²) in [5, 5.41) is 4.28. The second kappa shape index (κ2) is 5.97. The predicted octanol–water partition coefficient (Wildman–Crippen LogP) is 2.54. The zero-order valence-electron chi connectivity index (χ0n) is 15.4. The van der Waals surface area contributed by atoms with Crippen molar-refractivity contribution in [2.75, 3.05) is 7.11 Å². The molecule has 27 heavy (non-hydrogen) atoms. The SMILES string of the molecule is COc1ccn2c(C(=O)N3C4C=C(c5ccnn5C)CC3CC4)cnc2c1. The quantitative estimate of drug-likeness (QED) is 0.717. The van der Waals surface area contributed by atoms with Crippen LogP contribution >= 0.6 is 0 Å². The van der Waals surface area contributed by atoms with Crippen molar-refractivity contribution >= 4 is 17.1 Å². The molecule has 2 unspecified atom stereocenters. The molecule has 5 heterocycles. The molecule has 2 atom stereocenters. The molecule has 138 valence electrons. The molecule has 2 bridgehead atoms. The van der Waals surface area contributed by atoms with Gasteiger partial charge in [-0.25, -0.2) is 4.98 Å². The maximum absolute atomic E-state index is 13.3. The summed E-state index contributed by atoms with van der Waals surface area (Å²) in [5.74, 6) is 0.773. The van der Waals surface area contributed by atoms with Crippen molar-refractivity contribution in [2.45, 2.75) is 31.3 Å². The molecule has 2 aliphatic heterocycles. The first-order valence-corrected chi connectivity index (χ1v) is 9.18. The number of imidazole rings is 1. The van der Waals surface area contributed by atoms with Gasteiger partial charge in [0.1, 0.15) is 17.1 Å². The molecule has 2 aliphatic rings. The Kier molecular flexibility index (Phi) is 3.56. The number of aromatic nitrogens is 4. The molecule has 3 aromatic heterocycles. The van der Waals surface area contributed by atoms with E-state index in [2.05, 4.69) is 16.2 Å². The smallest absolute Gasteiger partial charge is 0.273 e. The van der Waals surface area contributed by atoms with Crippen LogP contribution in [0.3, 0.4) is 0 Å². The summed E-state index contributed by atoms with van der Waals surface area (Å²) in [6.45, 7) is 0. The molecule has 7 nitrogen and oxygen atoms in total. The van der Waals surface area contributed by atoms with Crippen LogP contribution < -0.4 is 4.74 Å². The minimum atomic E-state index is 0.0421. The van der Waals surface area contributed by atoms with Crippen LogP contribution in [0.25, 0.3) is 11.2 Å². The number of ether oxygens (including phenoxy) is 1. The van der Waals surface area contributed by atoms with E-state index in [0.717, 1.165) is 30.7 Å². The highest BCUT2D eigenvalue weighted by Gasteiger charge is 2.41. The zero-order chi connectivity index (χ0) is 18.5. The largest absolute Gasteiger partial charge is 0.497 e. The van der Waals surface area contributed by atoms with E-state index in [4.69, 9.17) is 4.74 Å². The lowest BCUT2D eigenvalue weighted by atomic mass is 9.98. The Hall–Kier alpha value is -3.09. The molecule has 0 spiro atoms. The van der Waals surface area contributed by atoms with E-state index in [1.54, 1.807) is 13.3 Å². The van der Waals surface area contributed by atoms with Gasteiger partial charge in [-0.05, 0) is 37.0 Å². The van der Waals surface area contributed by atoms with Crippen LogP contribution in [0.2, 0.25) is 0 Å². The Morgan fingerprint density at radius 1 is 1.30 bits per heavy atom. The number of rotatable bonds is 3. The van der Waals surface area contributed by atoms with Crippen LogP contribution in [0.4, 0.5) is 0 Å². The van der Waals surface area contributed by atoms with Crippen LogP contribution in [-0.4, -0.2) is 49.2 Å². The summed E-state index contributed by atoms with van der Waals surface area (Å²) >= 11 is 0. The van der Waals surface area contributed by atoms with Gasteiger partial charge in [-0.15, -0.1) is 0 Å². The van der Waals surface area contributed by atoms with Gasteiger partial charge in [-0.3, -0.25) is 13.9 Å². The number of amides is 1. The van der Waals surface area contributed by atoms with Crippen molar-refractivity contribution in [1.82, 2.24) is 24.1 Å². The maximum Gasteiger partial charge on any atom is 0.273 e. The maximum atomic E-state index is 13.3. The molecule has 0 saturated carbocycles. The summed E-state index contributed by atoms with van der Waals surface area (Å²) in [4.78, 5) is 19.8. The Morgan fingerprint density at radius 2 is 2.19 bits per heavy atom. The second-order valence-electron chi connectivity index (χ2n) is 7.19. The third-order valence-electron chi connectivity index (χ3n) is 5.72. The number of aryl methyl sites for hydroxylation is 1. The third-order valence-corrected chi connectivity index (χ3v) is 5.72. The third kappa shape index (κ3) is 2.45. The summed E-state index contributed by atoms with van der Waals surface area (Å²) in [5.41, 5.74) is 3.74. The van der Waals surface area contributed by atoms with Crippen molar-refractivity contribution in [3.63, 3.8) is 0 Å². The molecule has 0 aromatic carbocycles. The van der Waals surface area contributed by atoms with Crippen molar-refractivity contribution in [3.05, 3.63) is 54.3 Å². The molecule has 0 radical (unpaired) electrons. The van der Waals surface area contributed by atoms with Gasteiger partial charge in [0, 0.05) is 31.5 Å². The molecular weight excluding hydrogens is 342 g/mol. The summed E-state index contributed by atoms with van der Waals surface area (Å²) in [6, 6.07) is 6.07. The first-order valence-electron chi connectivity index (χ1n) is 9.18. The molecule has 0 N–H and O–H groups in total. The van der Waals surface area contributed by atoms with Crippen LogP contribution in [0.1, 0.15) is 35.4 Å². The normalized spacial score (nSPS) is 21.6. The fraction of sp³-hybridized carbons (Fsp3) is 0.350. The number of pyridine rings is 1. The monoisotopic (exact) mass is 363 g/mol. The minimum Gasteiger partial charge on any atom is -0.497 e. The number of fused-ring (bicyclic) bond motifs is 3. The molecular formula is C20H21N5O2. The van der Waals surface area contributed by atoms with E-state index < -0.39 is 0 Å². The summed E-state index contributed by atoms with van der Waals surface area (Å²) < 4.78 is 8.99. The van der Waals surface area contributed by atoms with Gasteiger partial charge in [-0.1, -0.05) is 6.08 Å². The Balaban J connectivity index is 1.48. The molecule has 1 fully saturated rings. The Labute approximate surface area is 156 Å². The Bertz CT molecular complexity index is 1060. The fourth-order valence-corrected chi connectivity index (χ4v) is 4.40. The van der Waals surface area contributed by atoms with Gasteiger partial charge in [0.05, 0.1) is 25.0 Å². The lowest BCUT2D eigenvalue weighted by molar-refractivity contribution is 0.0685. The molecule has 1 saturated heterocycles.